The summed E-state index contributed by atoms with van der Waals surface area (Å²) in [5, 5.41) is 0. The maximum absolute atomic E-state index is 13.3. The van der Waals surface area contributed by atoms with Gasteiger partial charge in [-0.1, -0.05) is 31.5 Å². The average molecular weight is 489 g/mol. The van der Waals surface area contributed by atoms with Gasteiger partial charge in [0.25, 0.3) is 0 Å². The van der Waals surface area contributed by atoms with Crippen LogP contribution in [0.4, 0.5) is 0 Å². The van der Waals surface area contributed by atoms with E-state index in [1.807, 2.05) is 60.7 Å². The standard InChI is InChI=1S/C29H28O7/c1-4-5-14-33-21-11-13-23-22(16-21)26(18-6-9-20(31-2)10-7-18)27(29(30)32-3)28(36-23)19-8-12-24-25(15-19)35-17-34-24/h6-13,15-16,28H,4-5,14,17H2,1-3H3. The molecule has 0 aromatic heterocycles. The summed E-state index contributed by atoms with van der Waals surface area (Å²) in [5.41, 5.74) is 3.44. The lowest BCUT2D eigenvalue weighted by atomic mass is 9.85. The maximum atomic E-state index is 13.3. The predicted molar refractivity (Wildman–Crippen MR) is 134 cm³/mol. The van der Waals surface area contributed by atoms with Gasteiger partial charge in [0.2, 0.25) is 6.79 Å². The number of benzene rings is 3. The fourth-order valence-electron chi connectivity index (χ4n) is 4.39. The lowest BCUT2D eigenvalue weighted by Crippen LogP contribution is -2.24. The van der Waals surface area contributed by atoms with Crippen LogP contribution in [0.15, 0.2) is 66.2 Å². The summed E-state index contributed by atoms with van der Waals surface area (Å²) in [6.07, 6.45) is 1.27. The molecular formula is C29H28O7. The molecule has 0 bridgehead atoms. The minimum Gasteiger partial charge on any atom is -0.497 e. The molecule has 36 heavy (non-hydrogen) atoms. The van der Waals surface area contributed by atoms with Gasteiger partial charge in [-0.3, -0.25) is 0 Å². The van der Waals surface area contributed by atoms with E-state index >= 15 is 0 Å². The van der Waals surface area contributed by atoms with Crippen LogP contribution in [0, 0.1) is 0 Å². The van der Waals surface area contributed by atoms with Crippen LogP contribution in [0.3, 0.4) is 0 Å². The van der Waals surface area contributed by atoms with Crippen LogP contribution in [0.5, 0.6) is 28.7 Å². The molecule has 3 aromatic carbocycles. The number of carbonyl (C=O) groups excluding carboxylic acids is 1. The van der Waals surface area contributed by atoms with E-state index in [2.05, 4.69) is 6.92 Å². The molecule has 0 saturated carbocycles. The van der Waals surface area contributed by atoms with Crippen LogP contribution >= 0.6 is 0 Å². The highest BCUT2D eigenvalue weighted by atomic mass is 16.7. The fraction of sp³-hybridized carbons (Fsp3) is 0.276. The van der Waals surface area contributed by atoms with Gasteiger partial charge >= 0.3 is 5.97 Å². The lowest BCUT2D eigenvalue weighted by molar-refractivity contribution is -0.137. The minimum absolute atomic E-state index is 0.157. The van der Waals surface area contributed by atoms with Crippen LogP contribution in [-0.4, -0.2) is 33.6 Å². The average Bonchev–Trinajstić information content (AvgIpc) is 3.40. The number of carbonyl (C=O) groups is 1. The highest BCUT2D eigenvalue weighted by Crippen LogP contribution is 2.48. The molecule has 0 radical (unpaired) electrons. The third kappa shape index (κ3) is 4.44. The van der Waals surface area contributed by atoms with Crippen LogP contribution in [0.2, 0.25) is 0 Å². The van der Waals surface area contributed by atoms with Crippen molar-refractivity contribution in [1.82, 2.24) is 0 Å². The van der Waals surface area contributed by atoms with Gasteiger partial charge in [0.05, 0.1) is 26.4 Å². The lowest BCUT2D eigenvalue weighted by Gasteiger charge is -2.31. The topological polar surface area (TPSA) is 72.5 Å². The Balaban J connectivity index is 1.69. The molecular weight excluding hydrogens is 460 g/mol. The van der Waals surface area contributed by atoms with Gasteiger partial charge in [-0.25, -0.2) is 4.79 Å². The van der Waals surface area contributed by atoms with Crippen LogP contribution in [-0.2, 0) is 9.53 Å². The Bertz CT molecular complexity index is 1290. The minimum atomic E-state index is -0.719. The van der Waals surface area contributed by atoms with Crippen molar-refractivity contribution in [2.75, 3.05) is 27.6 Å². The molecule has 3 aromatic rings. The number of hydrogen-bond donors (Lipinski definition) is 0. The first-order valence-corrected chi connectivity index (χ1v) is 11.9. The summed E-state index contributed by atoms with van der Waals surface area (Å²) >= 11 is 0. The summed E-state index contributed by atoms with van der Waals surface area (Å²) in [6, 6.07) is 18.8. The van der Waals surface area contributed by atoms with Crippen LogP contribution in [0.25, 0.3) is 5.57 Å². The summed E-state index contributed by atoms with van der Waals surface area (Å²) in [6.45, 7) is 2.89. The highest BCUT2D eigenvalue weighted by Gasteiger charge is 2.36. The Morgan fingerprint density at radius 1 is 0.917 bits per heavy atom. The van der Waals surface area contributed by atoms with E-state index in [1.54, 1.807) is 7.11 Å². The van der Waals surface area contributed by atoms with E-state index in [4.69, 9.17) is 28.4 Å². The second kappa shape index (κ2) is 10.2. The number of fused-ring (bicyclic) bond motifs is 2. The third-order valence-electron chi connectivity index (χ3n) is 6.25. The molecule has 0 spiro atoms. The molecule has 2 heterocycles. The van der Waals surface area contributed by atoms with Gasteiger partial charge in [-0.15, -0.1) is 0 Å². The summed E-state index contributed by atoms with van der Waals surface area (Å²) < 4.78 is 34.1. The molecule has 1 atom stereocenters. The number of ether oxygens (including phenoxy) is 6. The van der Waals surface area contributed by atoms with Crippen molar-refractivity contribution in [2.24, 2.45) is 0 Å². The van der Waals surface area contributed by atoms with Gasteiger partial charge in [0.1, 0.15) is 17.2 Å². The van der Waals surface area contributed by atoms with Crippen LogP contribution in [0.1, 0.15) is 42.6 Å². The molecule has 0 aliphatic carbocycles. The van der Waals surface area contributed by atoms with Crippen molar-refractivity contribution >= 4 is 11.5 Å². The van der Waals surface area contributed by atoms with Gasteiger partial charge in [-0.05, 0) is 54.4 Å². The zero-order valence-electron chi connectivity index (χ0n) is 20.5. The number of rotatable bonds is 8. The quantitative estimate of drug-likeness (QED) is 0.297. The molecule has 2 aliphatic rings. The molecule has 0 fully saturated rings. The Hall–Kier alpha value is -4.13. The SMILES string of the molecule is CCCCOc1ccc2c(c1)C(c1ccc(OC)cc1)=C(C(=O)OC)C(c1ccc3c(c1)OCO3)O2. The number of unbranched alkanes of at least 4 members (excludes halogenated alkanes) is 1. The van der Waals surface area contributed by atoms with E-state index in [-0.39, 0.29) is 6.79 Å². The molecule has 0 amide bonds. The molecule has 7 nitrogen and oxygen atoms in total. The zero-order valence-corrected chi connectivity index (χ0v) is 20.5. The van der Waals surface area contributed by atoms with E-state index in [0.717, 1.165) is 40.9 Å². The second-order valence-corrected chi connectivity index (χ2v) is 8.48. The number of methoxy groups -OCH3 is 2. The van der Waals surface area contributed by atoms with Crippen molar-refractivity contribution < 1.29 is 33.2 Å². The van der Waals surface area contributed by atoms with Crippen molar-refractivity contribution in [3.63, 3.8) is 0 Å². The fourth-order valence-corrected chi connectivity index (χ4v) is 4.39. The van der Waals surface area contributed by atoms with Crippen molar-refractivity contribution in [2.45, 2.75) is 25.9 Å². The first-order valence-electron chi connectivity index (χ1n) is 11.9. The Labute approximate surface area is 210 Å². The molecule has 0 N–H and O–H groups in total. The molecule has 186 valence electrons. The largest absolute Gasteiger partial charge is 0.497 e. The number of esters is 1. The highest BCUT2D eigenvalue weighted by molar-refractivity contribution is 6.04. The van der Waals surface area contributed by atoms with Gasteiger partial charge < -0.3 is 28.4 Å². The number of hydrogen-bond acceptors (Lipinski definition) is 7. The van der Waals surface area contributed by atoms with E-state index in [1.165, 1.54) is 7.11 Å². The predicted octanol–water partition coefficient (Wildman–Crippen LogP) is 5.71. The van der Waals surface area contributed by atoms with Gasteiger partial charge in [0, 0.05) is 16.7 Å². The zero-order chi connectivity index (χ0) is 25.1. The molecule has 7 heteroatoms. The first kappa shape index (κ1) is 23.6. The van der Waals surface area contributed by atoms with Gasteiger partial charge in [0.15, 0.2) is 17.6 Å². The Morgan fingerprint density at radius 3 is 2.42 bits per heavy atom. The second-order valence-electron chi connectivity index (χ2n) is 8.48. The summed E-state index contributed by atoms with van der Waals surface area (Å²) in [5.74, 6) is 2.85. The summed E-state index contributed by atoms with van der Waals surface area (Å²) in [7, 11) is 2.99. The van der Waals surface area contributed by atoms with E-state index in [9.17, 15) is 4.79 Å². The third-order valence-corrected chi connectivity index (χ3v) is 6.25. The van der Waals surface area contributed by atoms with E-state index in [0.29, 0.717) is 35.2 Å². The van der Waals surface area contributed by atoms with Crippen LogP contribution < -0.4 is 23.7 Å². The molecule has 5 rings (SSSR count). The summed E-state index contributed by atoms with van der Waals surface area (Å²) in [4.78, 5) is 13.3. The molecule has 1 unspecified atom stereocenters. The Morgan fingerprint density at radius 2 is 1.67 bits per heavy atom. The normalized spacial score (nSPS) is 15.7. The van der Waals surface area contributed by atoms with Gasteiger partial charge in [-0.2, -0.15) is 0 Å². The van der Waals surface area contributed by atoms with Crippen molar-refractivity contribution in [3.05, 3.63) is 82.9 Å². The van der Waals surface area contributed by atoms with E-state index < -0.39 is 12.1 Å². The molecule has 2 aliphatic heterocycles. The maximum Gasteiger partial charge on any atom is 0.338 e. The van der Waals surface area contributed by atoms with Crippen molar-refractivity contribution in [1.29, 1.82) is 0 Å². The molecule has 0 saturated heterocycles. The Kier molecular flexibility index (Phi) is 6.71. The van der Waals surface area contributed by atoms with Crippen molar-refractivity contribution in [3.8, 4) is 28.7 Å². The monoisotopic (exact) mass is 488 g/mol. The first-order chi connectivity index (χ1) is 17.6. The smallest absolute Gasteiger partial charge is 0.338 e.